The minimum atomic E-state index is -0.520. The molecule has 0 amide bonds. The summed E-state index contributed by atoms with van der Waals surface area (Å²) in [5.74, 6) is 0.745. The molecule has 7 nitrogen and oxygen atoms in total. The van der Waals surface area contributed by atoms with Crippen molar-refractivity contribution in [2.75, 3.05) is 12.3 Å². The predicted molar refractivity (Wildman–Crippen MR) is 87.2 cm³/mol. The second kappa shape index (κ2) is 6.66. The highest BCUT2D eigenvalue weighted by atomic mass is 32.2. The molecule has 0 saturated carbocycles. The number of anilines is 1. The third-order valence-electron chi connectivity index (χ3n) is 3.09. The maximum atomic E-state index is 11.8. The Hall–Kier alpha value is -2.61. The SMILES string of the molecule is CCOC(=O)c1cnc2nc(SCc3ccccc3)nn2c1N. The molecule has 2 N–H and O–H groups in total. The van der Waals surface area contributed by atoms with E-state index in [9.17, 15) is 4.79 Å². The van der Waals surface area contributed by atoms with E-state index in [-0.39, 0.29) is 18.0 Å². The molecule has 118 valence electrons. The first kappa shape index (κ1) is 15.3. The smallest absolute Gasteiger partial charge is 0.343 e. The van der Waals surface area contributed by atoms with Gasteiger partial charge in [-0.2, -0.15) is 9.50 Å². The maximum Gasteiger partial charge on any atom is 0.343 e. The largest absolute Gasteiger partial charge is 0.462 e. The molecule has 0 saturated heterocycles. The van der Waals surface area contributed by atoms with Crippen molar-refractivity contribution in [1.29, 1.82) is 0 Å². The molecular weight excluding hydrogens is 314 g/mol. The van der Waals surface area contributed by atoms with Crippen molar-refractivity contribution < 1.29 is 9.53 Å². The second-order valence-corrected chi connectivity index (χ2v) is 5.60. The molecule has 3 rings (SSSR count). The lowest BCUT2D eigenvalue weighted by Gasteiger charge is -2.04. The van der Waals surface area contributed by atoms with Crippen LogP contribution in [0.1, 0.15) is 22.8 Å². The van der Waals surface area contributed by atoms with Crippen LogP contribution >= 0.6 is 11.8 Å². The van der Waals surface area contributed by atoms with Crippen molar-refractivity contribution in [2.24, 2.45) is 0 Å². The minimum absolute atomic E-state index is 0.174. The maximum absolute atomic E-state index is 11.8. The summed E-state index contributed by atoms with van der Waals surface area (Å²) < 4.78 is 6.30. The number of nitrogen functional groups attached to an aromatic ring is 1. The standard InChI is InChI=1S/C15H15N5O2S/c1-2-22-13(21)11-8-17-14-18-15(19-20(14)12(11)16)23-9-10-6-4-3-5-7-10/h3-8H,2,9,16H2,1H3. The van der Waals surface area contributed by atoms with Crippen molar-refractivity contribution in [3.63, 3.8) is 0 Å². The van der Waals surface area contributed by atoms with Crippen LogP contribution in [0.4, 0.5) is 5.82 Å². The summed E-state index contributed by atoms with van der Waals surface area (Å²) in [6.45, 7) is 2.00. The van der Waals surface area contributed by atoms with Crippen LogP contribution in [-0.4, -0.2) is 32.2 Å². The van der Waals surface area contributed by atoms with Crippen molar-refractivity contribution in [3.8, 4) is 0 Å². The molecule has 0 aliphatic carbocycles. The van der Waals surface area contributed by atoms with Crippen LogP contribution in [0.25, 0.3) is 5.78 Å². The average Bonchev–Trinajstić information content (AvgIpc) is 2.98. The molecule has 0 atom stereocenters. The monoisotopic (exact) mass is 329 g/mol. The van der Waals surface area contributed by atoms with Gasteiger partial charge in [-0.15, -0.1) is 5.10 Å². The second-order valence-electron chi connectivity index (χ2n) is 4.66. The van der Waals surface area contributed by atoms with Crippen LogP contribution in [0.15, 0.2) is 41.7 Å². The summed E-state index contributed by atoms with van der Waals surface area (Å²) in [4.78, 5) is 20.2. The molecule has 0 aliphatic heterocycles. The zero-order valence-electron chi connectivity index (χ0n) is 12.5. The number of thioether (sulfide) groups is 1. The molecule has 0 fully saturated rings. The zero-order valence-corrected chi connectivity index (χ0v) is 13.3. The van der Waals surface area contributed by atoms with Gasteiger partial charge in [-0.25, -0.2) is 9.78 Å². The highest BCUT2D eigenvalue weighted by molar-refractivity contribution is 7.98. The summed E-state index contributed by atoms with van der Waals surface area (Å²) >= 11 is 1.48. The first-order valence-corrected chi connectivity index (χ1v) is 8.02. The van der Waals surface area contributed by atoms with Gasteiger partial charge in [0.2, 0.25) is 5.16 Å². The van der Waals surface area contributed by atoms with Gasteiger partial charge < -0.3 is 10.5 Å². The molecule has 8 heteroatoms. The summed E-state index contributed by atoms with van der Waals surface area (Å²) in [6, 6.07) is 10.0. The lowest BCUT2D eigenvalue weighted by Crippen LogP contribution is -2.12. The Labute approximate surface area is 136 Å². The van der Waals surface area contributed by atoms with Crippen LogP contribution in [0.2, 0.25) is 0 Å². The Morgan fingerprint density at radius 2 is 2.13 bits per heavy atom. The van der Waals surface area contributed by atoms with E-state index in [0.29, 0.717) is 10.9 Å². The molecule has 3 aromatic rings. The van der Waals surface area contributed by atoms with E-state index in [4.69, 9.17) is 10.5 Å². The molecule has 0 unspecified atom stereocenters. The topological polar surface area (TPSA) is 95.4 Å². The fourth-order valence-corrected chi connectivity index (χ4v) is 2.76. The van der Waals surface area contributed by atoms with Crippen LogP contribution in [0.3, 0.4) is 0 Å². The fraction of sp³-hybridized carbons (Fsp3) is 0.200. The van der Waals surface area contributed by atoms with E-state index in [1.165, 1.54) is 28.0 Å². The number of carbonyl (C=O) groups excluding carboxylic acids is 1. The summed E-state index contributed by atoms with van der Waals surface area (Å²) in [7, 11) is 0. The van der Waals surface area contributed by atoms with Gasteiger partial charge in [0.05, 0.1) is 6.61 Å². The van der Waals surface area contributed by atoms with E-state index in [1.807, 2.05) is 30.3 Å². The first-order valence-electron chi connectivity index (χ1n) is 7.04. The Morgan fingerprint density at radius 3 is 2.87 bits per heavy atom. The van der Waals surface area contributed by atoms with E-state index in [2.05, 4.69) is 15.1 Å². The molecule has 0 bridgehead atoms. The predicted octanol–water partition coefficient (Wildman–Crippen LogP) is 2.18. The van der Waals surface area contributed by atoms with Crippen molar-refractivity contribution >= 4 is 29.3 Å². The van der Waals surface area contributed by atoms with Gasteiger partial charge in [0.15, 0.2) is 0 Å². The normalized spacial score (nSPS) is 10.8. The van der Waals surface area contributed by atoms with Gasteiger partial charge in [-0.3, -0.25) is 0 Å². The molecular formula is C15H15N5O2S. The highest BCUT2D eigenvalue weighted by Crippen LogP contribution is 2.21. The zero-order chi connectivity index (χ0) is 16.2. The van der Waals surface area contributed by atoms with Gasteiger partial charge >= 0.3 is 5.97 Å². The lowest BCUT2D eigenvalue weighted by atomic mass is 10.2. The van der Waals surface area contributed by atoms with Gasteiger partial charge in [-0.1, -0.05) is 42.1 Å². The third-order valence-corrected chi connectivity index (χ3v) is 4.00. The number of nitrogens with zero attached hydrogens (tertiary/aromatic N) is 4. The third kappa shape index (κ3) is 3.26. The lowest BCUT2D eigenvalue weighted by molar-refractivity contribution is 0.0526. The number of fused-ring (bicyclic) bond motifs is 1. The summed E-state index contributed by atoms with van der Waals surface area (Å²) in [6.07, 6.45) is 1.36. The quantitative estimate of drug-likeness (QED) is 0.566. The number of nitrogens with two attached hydrogens (primary N) is 1. The van der Waals surface area contributed by atoms with E-state index in [1.54, 1.807) is 6.92 Å². The van der Waals surface area contributed by atoms with E-state index < -0.39 is 5.97 Å². The number of ether oxygens (including phenoxy) is 1. The van der Waals surface area contributed by atoms with Crippen molar-refractivity contribution in [2.45, 2.75) is 17.8 Å². The van der Waals surface area contributed by atoms with Gasteiger partial charge in [-0.05, 0) is 12.5 Å². The molecule has 0 radical (unpaired) electrons. The van der Waals surface area contributed by atoms with Crippen LogP contribution in [0.5, 0.6) is 0 Å². The van der Waals surface area contributed by atoms with Crippen molar-refractivity contribution in [3.05, 3.63) is 47.7 Å². The summed E-state index contributed by atoms with van der Waals surface area (Å²) in [5.41, 5.74) is 7.34. The number of aromatic nitrogens is 4. The highest BCUT2D eigenvalue weighted by Gasteiger charge is 2.17. The number of carbonyl (C=O) groups is 1. The van der Waals surface area contributed by atoms with E-state index >= 15 is 0 Å². The fourth-order valence-electron chi connectivity index (χ4n) is 1.98. The van der Waals surface area contributed by atoms with Crippen LogP contribution < -0.4 is 5.73 Å². The molecule has 0 spiro atoms. The van der Waals surface area contributed by atoms with Gasteiger partial charge in [0.1, 0.15) is 11.4 Å². The number of hydrogen-bond acceptors (Lipinski definition) is 7. The number of rotatable bonds is 5. The van der Waals surface area contributed by atoms with E-state index in [0.717, 1.165) is 5.75 Å². The van der Waals surface area contributed by atoms with Gasteiger partial charge in [0.25, 0.3) is 5.78 Å². The molecule has 2 aromatic heterocycles. The Balaban J connectivity index is 1.84. The van der Waals surface area contributed by atoms with Crippen LogP contribution in [0, 0.1) is 0 Å². The molecule has 23 heavy (non-hydrogen) atoms. The van der Waals surface area contributed by atoms with Crippen LogP contribution in [-0.2, 0) is 10.5 Å². The number of esters is 1. The average molecular weight is 329 g/mol. The molecule has 2 heterocycles. The first-order chi connectivity index (χ1) is 11.2. The summed E-state index contributed by atoms with van der Waals surface area (Å²) in [5, 5.41) is 4.85. The van der Waals surface area contributed by atoms with Crippen molar-refractivity contribution in [1.82, 2.24) is 19.6 Å². The Morgan fingerprint density at radius 1 is 1.35 bits per heavy atom. The molecule has 0 aliphatic rings. The number of hydrogen-bond donors (Lipinski definition) is 1. The minimum Gasteiger partial charge on any atom is -0.462 e. The molecule has 1 aromatic carbocycles. The Bertz CT molecular complexity index is 835. The van der Waals surface area contributed by atoms with Gasteiger partial charge in [0, 0.05) is 11.9 Å². The Kier molecular flexibility index (Phi) is 4.42. The number of benzene rings is 1.